The van der Waals surface area contributed by atoms with Crippen LogP contribution in [0.25, 0.3) is 6.08 Å². The number of aryl methyl sites for hydroxylation is 2. The van der Waals surface area contributed by atoms with Crippen molar-refractivity contribution in [3.05, 3.63) is 41.0 Å². The van der Waals surface area contributed by atoms with Crippen molar-refractivity contribution in [2.24, 2.45) is 0 Å². The number of rotatable bonds is 5. The lowest BCUT2D eigenvalue weighted by atomic mass is 10.0. The van der Waals surface area contributed by atoms with Gasteiger partial charge in [-0.25, -0.2) is 0 Å². The van der Waals surface area contributed by atoms with Crippen LogP contribution in [0.2, 0.25) is 0 Å². The summed E-state index contributed by atoms with van der Waals surface area (Å²) in [4.78, 5) is 0. The van der Waals surface area contributed by atoms with Crippen LogP contribution in [-0.4, -0.2) is 13.1 Å². The van der Waals surface area contributed by atoms with Gasteiger partial charge < -0.3 is 5.32 Å². The maximum atomic E-state index is 3.36. The van der Waals surface area contributed by atoms with Gasteiger partial charge in [-0.3, -0.25) is 0 Å². The molecule has 0 unspecified atom stereocenters. The van der Waals surface area contributed by atoms with Crippen LogP contribution < -0.4 is 5.32 Å². The van der Waals surface area contributed by atoms with Crippen LogP contribution in [0, 0.1) is 13.8 Å². The second-order valence-electron chi connectivity index (χ2n) is 3.91. The Kier molecular flexibility index (Phi) is 5.13. The van der Waals surface area contributed by atoms with Gasteiger partial charge in [0.05, 0.1) is 0 Å². The van der Waals surface area contributed by atoms with E-state index in [1.165, 1.54) is 23.1 Å². The minimum absolute atomic E-state index is 0.960. The van der Waals surface area contributed by atoms with E-state index in [0.29, 0.717) is 0 Å². The third-order valence-electron chi connectivity index (χ3n) is 2.52. The van der Waals surface area contributed by atoms with Gasteiger partial charge in [0, 0.05) is 6.54 Å². The maximum absolute atomic E-state index is 3.36. The second-order valence-corrected chi connectivity index (χ2v) is 3.91. The van der Waals surface area contributed by atoms with Gasteiger partial charge in [-0.2, -0.15) is 0 Å². The predicted molar refractivity (Wildman–Crippen MR) is 68.1 cm³/mol. The summed E-state index contributed by atoms with van der Waals surface area (Å²) in [6, 6.07) is 6.43. The quantitative estimate of drug-likeness (QED) is 0.724. The number of hydrogen-bond donors (Lipinski definition) is 1. The van der Waals surface area contributed by atoms with Crippen molar-refractivity contribution in [1.82, 2.24) is 5.32 Å². The molecule has 0 fully saturated rings. The Labute approximate surface area is 93.2 Å². The average molecular weight is 203 g/mol. The van der Waals surface area contributed by atoms with E-state index in [9.17, 15) is 0 Å². The van der Waals surface area contributed by atoms with Gasteiger partial charge in [-0.15, -0.1) is 0 Å². The number of benzene rings is 1. The summed E-state index contributed by atoms with van der Waals surface area (Å²) in [5.41, 5.74) is 4.05. The Morgan fingerprint density at radius 2 is 1.87 bits per heavy atom. The first-order chi connectivity index (χ1) is 7.25. The van der Waals surface area contributed by atoms with Gasteiger partial charge in [-0.1, -0.05) is 37.3 Å². The van der Waals surface area contributed by atoms with Crippen molar-refractivity contribution in [1.29, 1.82) is 0 Å². The molecule has 1 heteroatoms. The molecule has 15 heavy (non-hydrogen) atoms. The third-order valence-corrected chi connectivity index (χ3v) is 2.52. The zero-order chi connectivity index (χ0) is 11.1. The maximum Gasteiger partial charge on any atom is 0.0138 e. The molecule has 0 aliphatic rings. The van der Waals surface area contributed by atoms with Gasteiger partial charge in [0.15, 0.2) is 0 Å². The van der Waals surface area contributed by atoms with E-state index in [1.807, 2.05) is 0 Å². The van der Waals surface area contributed by atoms with Crippen LogP contribution in [-0.2, 0) is 0 Å². The molecule has 1 nitrogen and oxygen atoms in total. The molecular weight excluding hydrogens is 182 g/mol. The molecule has 0 atom stereocenters. The van der Waals surface area contributed by atoms with E-state index in [-0.39, 0.29) is 0 Å². The molecule has 0 spiro atoms. The molecule has 0 heterocycles. The van der Waals surface area contributed by atoms with Crippen LogP contribution in [0.15, 0.2) is 24.3 Å². The van der Waals surface area contributed by atoms with Crippen molar-refractivity contribution in [3.8, 4) is 0 Å². The van der Waals surface area contributed by atoms with Crippen LogP contribution in [0.3, 0.4) is 0 Å². The van der Waals surface area contributed by atoms with Gasteiger partial charge in [0.25, 0.3) is 0 Å². The Hall–Kier alpha value is -1.08. The van der Waals surface area contributed by atoms with Gasteiger partial charge in [-0.05, 0) is 43.5 Å². The highest BCUT2D eigenvalue weighted by molar-refractivity contribution is 5.57. The molecule has 0 bridgehead atoms. The first-order valence-corrected chi connectivity index (χ1v) is 5.69. The van der Waals surface area contributed by atoms with E-state index in [1.54, 1.807) is 0 Å². The fourth-order valence-electron chi connectivity index (χ4n) is 1.63. The lowest BCUT2D eigenvalue weighted by molar-refractivity contribution is 0.730. The molecule has 1 N–H and O–H groups in total. The first kappa shape index (κ1) is 12.0. The monoisotopic (exact) mass is 203 g/mol. The molecule has 1 aromatic carbocycles. The summed E-state index contributed by atoms with van der Waals surface area (Å²) in [6.07, 6.45) is 5.61. The fraction of sp³-hybridized carbons (Fsp3) is 0.429. The molecule has 1 aromatic rings. The van der Waals surface area contributed by atoms with Crippen molar-refractivity contribution in [2.45, 2.75) is 27.2 Å². The standard InChI is InChI=1S/C14H21N/c1-4-10-15-11-6-9-14-12(2)7-5-8-13(14)3/h5-9,15H,4,10-11H2,1-3H3/b9-6+. The molecule has 0 aliphatic carbocycles. The zero-order valence-corrected chi connectivity index (χ0v) is 10.0. The highest BCUT2D eigenvalue weighted by Crippen LogP contribution is 2.14. The lowest BCUT2D eigenvalue weighted by Crippen LogP contribution is -2.13. The van der Waals surface area contributed by atoms with Crippen molar-refractivity contribution in [3.63, 3.8) is 0 Å². The van der Waals surface area contributed by atoms with E-state index in [0.717, 1.165) is 13.1 Å². The van der Waals surface area contributed by atoms with Gasteiger partial charge in [0.1, 0.15) is 0 Å². The average Bonchev–Trinajstić information content (AvgIpc) is 2.21. The highest BCUT2D eigenvalue weighted by Gasteiger charge is 1.96. The Morgan fingerprint density at radius 3 is 2.47 bits per heavy atom. The van der Waals surface area contributed by atoms with Gasteiger partial charge in [0.2, 0.25) is 0 Å². The van der Waals surface area contributed by atoms with E-state index in [2.05, 4.69) is 56.4 Å². The fourth-order valence-corrected chi connectivity index (χ4v) is 1.63. The summed E-state index contributed by atoms with van der Waals surface area (Å²) < 4.78 is 0. The molecular formula is C14H21N. The molecule has 0 saturated carbocycles. The molecule has 0 saturated heterocycles. The Balaban J connectivity index is 2.56. The van der Waals surface area contributed by atoms with Crippen molar-refractivity contribution < 1.29 is 0 Å². The molecule has 0 aliphatic heterocycles. The van der Waals surface area contributed by atoms with Crippen molar-refractivity contribution in [2.75, 3.05) is 13.1 Å². The van der Waals surface area contributed by atoms with Crippen LogP contribution in [0.4, 0.5) is 0 Å². The second kappa shape index (κ2) is 6.41. The highest BCUT2D eigenvalue weighted by atomic mass is 14.8. The smallest absolute Gasteiger partial charge is 0.0138 e. The summed E-state index contributed by atoms with van der Waals surface area (Å²) in [7, 11) is 0. The van der Waals surface area contributed by atoms with E-state index < -0.39 is 0 Å². The Bertz CT molecular complexity index is 306. The summed E-state index contributed by atoms with van der Waals surface area (Å²) in [5.74, 6) is 0. The minimum Gasteiger partial charge on any atom is -0.313 e. The molecule has 1 rings (SSSR count). The summed E-state index contributed by atoms with van der Waals surface area (Å²) in [5, 5.41) is 3.36. The molecule has 0 aromatic heterocycles. The topological polar surface area (TPSA) is 12.0 Å². The zero-order valence-electron chi connectivity index (χ0n) is 10.0. The third kappa shape index (κ3) is 3.88. The molecule has 0 radical (unpaired) electrons. The molecule has 0 amide bonds. The Morgan fingerprint density at radius 1 is 1.20 bits per heavy atom. The van der Waals surface area contributed by atoms with Crippen molar-refractivity contribution >= 4 is 6.08 Å². The van der Waals surface area contributed by atoms with Crippen LogP contribution >= 0.6 is 0 Å². The number of hydrogen-bond acceptors (Lipinski definition) is 1. The van der Waals surface area contributed by atoms with E-state index in [4.69, 9.17) is 0 Å². The van der Waals surface area contributed by atoms with Gasteiger partial charge >= 0.3 is 0 Å². The van der Waals surface area contributed by atoms with Crippen LogP contribution in [0.5, 0.6) is 0 Å². The number of nitrogens with one attached hydrogen (secondary N) is 1. The largest absolute Gasteiger partial charge is 0.313 e. The first-order valence-electron chi connectivity index (χ1n) is 5.69. The minimum atomic E-state index is 0.960. The van der Waals surface area contributed by atoms with E-state index >= 15 is 0 Å². The summed E-state index contributed by atoms with van der Waals surface area (Å²) in [6.45, 7) is 8.55. The lowest BCUT2D eigenvalue weighted by Gasteiger charge is -2.04. The van der Waals surface area contributed by atoms with Crippen LogP contribution in [0.1, 0.15) is 30.0 Å². The SMILES string of the molecule is CCCNC/C=C/c1c(C)cccc1C. The predicted octanol–water partition coefficient (Wildman–Crippen LogP) is 3.32. The normalized spacial score (nSPS) is 11.1. The molecule has 82 valence electrons. The summed E-state index contributed by atoms with van der Waals surface area (Å²) >= 11 is 0.